The second kappa shape index (κ2) is 12.4. The molecule has 2 aromatic rings. The summed E-state index contributed by atoms with van der Waals surface area (Å²) in [7, 11) is 0. The fourth-order valence-electron chi connectivity index (χ4n) is 2.35. The van der Waals surface area contributed by atoms with E-state index < -0.39 is 0 Å². The number of para-hydroxylation sites is 1. The topological polar surface area (TPSA) is 74.8 Å². The van der Waals surface area contributed by atoms with Crippen molar-refractivity contribution >= 4 is 11.9 Å². The van der Waals surface area contributed by atoms with Crippen molar-refractivity contribution in [1.82, 2.24) is 16.0 Å². The van der Waals surface area contributed by atoms with Crippen molar-refractivity contribution < 1.29 is 9.53 Å². The molecule has 6 nitrogen and oxygen atoms in total. The fraction of sp³-hybridized carbons (Fsp3) is 0.333. The number of aliphatic imine (C=N–C) groups is 1. The second-order valence-electron chi connectivity index (χ2n) is 5.82. The number of carbonyl (C=O) groups excluding carboxylic acids is 1. The maximum absolute atomic E-state index is 12.0. The largest absolute Gasteiger partial charge is 0.494 e. The highest BCUT2D eigenvalue weighted by Gasteiger charge is 2.03. The van der Waals surface area contributed by atoms with Crippen LogP contribution in [0.2, 0.25) is 0 Å². The lowest BCUT2D eigenvalue weighted by Gasteiger charge is -2.12. The summed E-state index contributed by atoms with van der Waals surface area (Å²) in [4.78, 5) is 16.5. The zero-order valence-corrected chi connectivity index (χ0v) is 15.8. The van der Waals surface area contributed by atoms with Crippen molar-refractivity contribution in [3.8, 4) is 5.75 Å². The molecule has 0 radical (unpaired) electrons. The summed E-state index contributed by atoms with van der Waals surface area (Å²) in [6, 6.07) is 19.0. The third-order valence-corrected chi connectivity index (χ3v) is 3.67. The molecule has 0 fully saturated rings. The van der Waals surface area contributed by atoms with Crippen molar-refractivity contribution in [3.05, 3.63) is 66.2 Å². The van der Waals surface area contributed by atoms with Crippen LogP contribution in [-0.2, 0) is 0 Å². The predicted molar refractivity (Wildman–Crippen MR) is 109 cm³/mol. The lowest BCUT2D eigenvalue weighted by molar-refractivity contribution is 0.0954. The van der Waals surface area contributed by atoms with Crippen LogP contribution in [0.25, 0.3) is 0 Å². The van der Waals surface area contributed by atoms with Gasteiger partial charge in [-0.15, -0.1) is 0 Å². The van der Waals surface area contributed by atoms with Gasteiger partial charge in [0.05, 0.1) is 6.61 Å². The van der Waals surface area contributed by atoms with Gasteiger partial charge in [0.15, 0.2) is 5.96 Å². The molecule has 3 N–H and O–H groups in total. The Morgan fingerprint density at radius 3 is 2.30 bits per heavy atom. The molecule has 144 valence electrons. The Labute approximate surface area is 161 Å². The summed E-state index contributed by atoms with van der Waals surface area (Å²) < 4.78 is 5.66. The van der Waals surface area contributed by atoms with Gasteiger partial charge in [-0.3, -0.25) is 9.79 Å². The lowest BCUT2D eigenvalue weighted by atomic mass is 10.2. The Morgan fingerprint density at radius 1 is 0.926 bits per heavy atom. The number of benzene rings is 2. The minimum Gasteiger partial charge on any atom is -0.494 e. The lowest BCUT2D eigenvalue weighted by Crippen LogP contribution is -2.41. The van der Waals surface area contributed by atoms with Crippen molar-refractivity contribution in [2.75, 3.05) is 32.8 Å². The van der Waals surface area contributed by atoms with Crippen molar-refractivity contribution in [1.29, 1.82) is 0 Å². The van der Waals surface area contributed by atoms with Crippen LogP contribution in [0.4, 0.5) is 0 Å². The van der Waals surface area contributed by atoms with Crippen molar-refractivity contribution in [2.24, 2.45) is 4.99 Å². The molecule has 0 spiro atoms. The first kappa shape index (κ1) is 20.3. The van der Waals surface area contributed by atoms with Crippen LogP contribution in [0, 0.1) is 0 Å². The van der Waals surface area contributed by atoms with Gasteiger partial charge in [-0.1, -0.05) is 36.4 Å². The minimum absolute atomic E-state index is 0.0719. The quantitative estimate of drug-likeness (QED) is 0.342. The van der Waals surface area contributed by atoms with E-state index in [4.69, 9.17) is 4.74 Å². The molecule has 1 amide bonds. The van der Waals surface area contributed by atoms with Gasteiger partial charge in [0.25, 0.3) is 5.91 Å². The molecule has 0 unspecified atom stereocenters. The average molecular weight is 368 g/mol. The summed E-state index contributed by atoms with van der Waals surface area (Å²) in [5, 5.41) is 9.30. The standard InChI is InChI=1S/C21H28N4O2/c1-2-22-21(24-14-9-17-27-19-12-7-4-8-13-19)25-16-15-23-20(26)18-10-5-3-6-11-18/h3-8,10-13H,2,9,14-17H2,1H3,(H,23,26)(H2,22,24,25). The number of ether oxygens (including phenoxy) is 1. The van der Waals surface area contributed by atoms with Crippen LogP contribution in [0.15, 0.2) is 65.7 Å². The molecule has 0 bridgehead atoms. The molecule has 0 saturated heterocycles. The number of amides is 1. The number of nitrogens with zero attached hydrogens (tertiary/aromatic N) is 1. The molecule has 0 aliphatic rings. The molecule has 2 rings (SSSR count). The Hall–Kier alpha value is -3.02. The van der Waals surface area contributed by atoms with Crippen LogP contribution in [0.5, 0.6) is 5.75 Å². The van der Waals surface area contributed by atoms with E-state index >= 15 is 0 Å². The number of rotatable bonds is 10. The van der Waals surface area contributed by atoms with Gasteiger partial charge in [0.1, 0.15) is 5.75 Å². The highest BCUT2D eigenvalue weighted by atomic mass is 16.5. The molecule has 2 aromatic carbocycles. The first-order valence-electron chi connectivity index (χ1n) is 9.33. The minimum atomic E-state index is -0.0719. The van der Waals surface area contributed by atoms with Crippen LogP contribution in [0.3, 0.4) is 0 Å². The number of carbonyl (C=O) groups is 1. The van der Waals surface area contributed by atoms with E-state index in [1.807, 2.05) is 55.5 Å². The zero-order valence-electron chi connectivity index (χ0n) is 15.8. The van der Waals surface area contributed by atoms with Crippen LogP contribution >= 0.6 is 0 Å². The van der Waals surface area contributed by atoms with Gasteiger partial charge in [-0.05, 0) is 31.2 Å². The van der Waals surface area contributed by atoms with E-state index in [-0.39, 0.29) is 5.91 Å². The van der Waals surface area contributed by atoms with E-state index in [9.17, 15) is 4.79 Å². The Bertz CT molecular complexity index is 690. The summed E-state index contributed by atoms with van der Waals surface area (Å²) in [5.41, 5.74) is 0.663. The number of hydrogen-bond acceptors (Lipinski definition) is 3. The van der Waals surface area contributed by atoms with Crippen molar-refractivity contribution in [2.45, 2.75) is 13.3 Å². The monoisotopic (exact) mass is 368 g/mol. The maximum atomic E-state index is 12.0. The highest BCUT2D eigenvalue weighted by Crippen LogP contribution is 2.08. The van der Waals surface area contributed by atoms with Crippen molar-refractivity contribution in [3.63, 3.8) is 0 Å². The maximum Gasteiger partial charge on any atom is 0.251 e. The Balaban J connectivity index is 1.63. The molecular weight excluding hydrogens is 340 g/mol. The molecule has 6 heteroatoms. The zero-order chi connectivity index (χ0) is 19.2. The van der Waals surface area contributed by atoms with Crippen LogP contribution < -0.4 is 20.7 Å². The molecule has 0 atom stereocenters. The van der Waals surface area contributed by atoms with E-state index in [1.165, 1.54) is 0 Å². The van der Waals surface area contributed by atoms with Gasteiger partial charge >= 0.3 is 0 Å². The van der Waals surface area contributed by atoms with Gasteiger partial charge in [-0.2, -0.15) is 0 Å². The Morgan fingerprint density at radius 2 is 1.59 bits per heavy atom. The third kappa shape index (κ3) is 8.27. The van der Waals surface area contributed by atoms with E-state index in [2.05, 4.69) is 20.9 Å². The highest BCUT2D eigenvalue weighted by molar-refractivity contribution is 5.94. The van der Waals surface area contributed by atoms with Gasteiger partial charge in [0.2, 0.25) is 0 Å². The smallest absolute Gasteiger partial charge is 0.251 e. The van der Waals surface area contributed by atoms with Gasteiger partial charge in [0, 0.05) is 38.2 Å². The molecular formula is C21H28N4O2. The van der Waals surface area contributed by atoms with Gasteiger partial charge in [-0.25, -0.2) is 0 Å². The number of hydrogen-bond donors (Lipinski definition) is 3. The van der Waals surface area contributed by atoms with E-state index in [1.54, 1.807) is 12.1 Å². The fourth-order valence-corrected chi connectivity index (χ4v) is 2.35. The van der Waals surface area contributed by atoms with Gasteiger partial charge < -0.3 is 20.7 Å². The molecule has 0 saturated carbocycles. The predicted octanol–water partition coefficient (Wildman–Crippen LogP) is 2.44. The summed E-state index contributed by atoms with van der Waals surface area (Å²) in [5.74, 6) is 1.55. The first-order valence-corrected chi connectivity index (χ1v) is 9.33. The van der Waals surface area contributed by atoms with Crippen LogP contribution in [-0.4, -0.2) is 44.7 Å². The van der Waals surface area contributed by atoms with E-state index in [0.29, 0.717) is 31.8 Å². The Kier molecular flexibility index (Phi) is 9.28. The van der Waals surface area contributed by atoms with E-state index in [0.717, 1.165) is 24.7 Å². The molecule has 0 aliphatic carbocycles. The average Bonchev–Trinajstić information content (AvgIpc) is 2.72. The molecule has 0 aromatic heterocycles. The number of guanidine groups is 1. The normalized spacial score (nSPS) is 10.9. The summed E-state index contributed by atoms with van der Waals surface area (Å²) in [6.45, 7) is 5.22. The molecule has 27 heavy (non-hydrogen) atoms. The molecule has 0 heterocycles. The SMILES string of the molecule is CCNC(=NCCCOc1ccccc1)NCCNC(=O)c1ccccc1. The molecule has 0 aliphatic heterocycles. The summed E-state index contributed by atoms with van der Waals surface area (Å²) in [6.07, 6.45) is 0.830. The third-order valence-electron chi connectivity index (χ3n) is 3.67. The van der Waals surface area contributed by atoms with Crippen LogP contribution in [0.1, 0.15) is 23.7 Å². The second-order valence-corrected chi connectivity index (χ2v) is 5.82. The number of nitrogens with one attached hydrogen (secondary N) is 3. The summed E-state index contributed by atoms with van der Waals surface area (Å²) >= 11 is 0. The first-order chi connectivity index (χ1) is 13.3.